The Labute approximate surface area is 138 Å². The second kappa shape index (κ2) is 5.88. The summed E-state index contributed by atoms with van der Waals surface area (Å²) >= 11 is 0. The minimum Gasteiger partial charge on any atom is -0.361 e. The van der Waals surface area contributed by atoms with Gasteiger partial charge in [0.05, 0.1) is 6.42 Å². The fourth-order valence-electron chi connectivity index (χ4n) is 4.40. The summed E-state index contributed by atoms with van der Waals surface area (Å²) in [5, 5.41) is 1.17. The van der Waals surface area contributed by atoms with Gasteiger partial charge in [0.15, 0.2) is 0 Å². The van der Waals surface area contributed by atoms with Crippen molar-refractivity contribution in [2.24, 2.45) is 11.8 Å². The van der Waals surface area contributed by atoms with Crippen LogP contribution in [-0.2, 0) is 11.2 Å². The first-order chi connectivity index (χ1) is 11.3. The standard InChI is InChI=1S/C20H24N2O.H2/c1-2-15-10-14-6-5-9-19(15)22(13-14)20(23)11-16-12-21-18-8-4-3-7-17(16)18;/h3-8,12,14-15,19,21H,2,9-11,13H2,1H3;1H. The SMILES string of the molecule is CCC1CC2C=CCC1N(C(=O)Cc1c[nH]c3ccccc13)C2.[HH]. The second-order valence-corrected chi connectivity index (χ2v) is 6.98. The number of nitrogens with zero attached hydrogens (tertiary/aromatic N) is 1. The Morgan fingerprint density at radius 3 is 3.13 bits per heavy atom. The number of fused-ring (bicyclic) bond motifs is 4. The van der Waals surface area contributed by atoms with E-state index in [1.54, 1.807) is 0 Å². The van der Waals surface area contributed by atoms with Crippen molar-refractivity contribution in [2.45, 2.75) is 38.6 Å². The first-order valence-electron chi connectivity index (χ1n) is 8.77. The Hall–Kier alpha value is -2.03. The fraction of sp³-hybridized carbons (Fsp3) is 0.450. The van der Waals surface area contributed by atoms with E-state index < -0.39 is 0 Å². The Kier molecular flexibility index (Phi) is 3.72. The van der Waals surface area contributed by atoms with Crippen LogP contribution < -0.4 is 0 Å². The Bertz CT molecular complexity index is 751. The highest BCUT2D eigenvalue weighted by Crippen LogP contribution is 2.36. The lowest BCUT2D eigenvalue weighted by molar-refractivity contribution is -0.136. The first-order valence-corrected chi connectivity index (χ1v) is 8.77. The number of rotatable bonds is 3. The van der Waals surface area contributed by atoms with Crippen molar-refractivity contribution >= 4 is 16.8 Å². The number of carbonyl (C=O) groups excluding carboxylic acids is 1. The van der Waals surface area contributed by atoms with Gasteiger partial charge in [0.2, 0.25) is 5.91 Å². The van der Waals surface area contributed by atoms with Crippen molar-refractivity contribution in [3.8, 4) is 0 Å². The van der Waals surface area contributed by atoms with Gasteiger partial charge in [0, 0.05) is 31.1 Å². The van der Waals surface area contributed by atoms with E-state index in [0.29, 0.717) is 24.3 Å². The molecule has 1 saturated heterocycles. The van der Waals surface area contributed by atoms with Crippen LogP contribution in [0.5, 0.6) is 0 Å². The lowest BCUT2D eigenvalue weighted by atomic mass is 9.82. The van der Waals surface area contributed by atoms with Gasteiger partial charge in [-0.2, -0.15) is 0 Å². The molecule has 5 rings (SSSR count). The van der Waals surface area contributed by atoms with Crippen molar-refractivity contribution in [2.75, 3.05) is 6.54 Å². The van der Waals surface area contributed by atoms with Gasteiger partial charge < -0.3 is 9.88 Å². The average Bonchev–Trinajstić information content (AvgIpc) is 2.75. The summed E-state index contributed by atoms with van der Waals surface area (Å²) in [6.45, 7) is 3.16. The number of nitrogens with one attached hydrogen (secondary N) is 1. The van der Waals surface area contributed by atoms with Crippen LogP contribution in [0.15, 0.2) is 42.6 Å². The zero-order chi connectivity index (χ0) is 15.8. The van der Waals surface area contributed by atoms with Gasteiger partial charge in [-0.3, -0.25) is 4.79 Å². The summed E-state index contributed by atoms with van der Waals surface area (Å²) in [6.07, 6.45) is 10.6. The third kappa shape index (κ3) is 2.58. The fourth-order valence-corrected chi connectivity index (χ4v) is 4.40. The first kappa shape index (κ1) is 14.6. The largest absolute Gasteiger partial charge is 0.361 e. The topological polar surface area (TPSA) is 36.1 Å². The molecule has 0 radical (unpaired) electrons. The molecule has 1 aromatic heterocycles. The number of hydrogen-bond acceptors (Lipinski definition) is 1. The Morgan fingerprint density at radius 1 is 1.39 bits per heavy atom. The van der Waals surface area contributed by atoms with Crippen molar-refractivity contribution in [1.29, 1.82) is 0 Å². The molecule has 1 fully saturated rings. The number of carbonyl (C=O) groups is 1. The maximum Gasteiger partial charge on any atom is 0.227 e. The van der Waals surface area contributed by atoms with E-state index in [9.17, 15) is 4.79 Å². The molecule has 3 heterocycles. The van der Waals surface area contributed by atoms with Crippen LogP contribution in [0, 0.1) is 11.8 Å². The number of aromatic amines is 1. The molecule has 0 spiro atoms. The van der Waals surface area contributed by atoms with Crippen LogP contribution in [0.25, 0.3) is 10.9 Å². The molecule has 0 saturated carbocycles. The summed E-state index contributed by atoms with van der Waals surface area (Å²) in [7, 11) is 0. The molecule has 3 heteroatoms. The Balaban J connectivity index is 0.00000169. The maximum atomic E-state index is 13.0. The number of aromatic nitrogens is 1. The lowest BCUT2D eigenvalue weighted by Gasteiger charge is -2.42. The highest BCUT2D eigenvalue weighted by atomic mass is 16.2. The monoisotopic (exact) mass is 310 g/mol. The van der Waals surface area contributed by atoms with E-state index in [2.05, 4.69) is 41.1 Å². The van der Waals surface area contributed by atoms with Crippen LogP contribution in [-0.4, -0.2) is 28.4 Å². The number of hydrogen-bond donors (Lipinski definition) is 1. The number of piperidine rings is 1. The van der Waals surface area contributed by atoms with Crippen molar-refractivity contribution in [3.63, 3.8) is 0 Å². The van der Waals surface area contributed by atoms with Crippen molar-refractivity contribution in [1.82, 2.24) is 9.88 Å². The number of para-hydroxylation sites is 1. The third-order valence-corrected chi connectivity index (χ3v) is 5.63. The summed E-state index contributed by atoms with van der Waals surface area (Å²) in [5.41, 5.74) is 2.23. The van der Waals surface area contributed by atoms with Gasteiger partial charge in [-0.1, -0.05) is 43.7 Å². The molecule has 122 valence electrons. The quantitative estimate of drug-likeness (QED) is 0.849. The molecule has 1 N–H and O–H groups in total. The lowest BCUT2D eigenvalue weighted by Crippen LogP contribution is -2.50. The molecule has 3 nitrogen and oxygen atoms in total. The second-order valence-electron chi connectivity index (χ2n) is 6.98. The molecule has 2 bridgehead atoms. The molecule has 2 aromatic rings. The van der Waals surface area contributed by atoms with E-state index in [4.69, 9.17) is 0 Å². The molecule has 1 aliphatic carbocycles. The van der Waals surface area contributed by atoms with Gasteiger partial charge in [0.1, 0.15) is 0 Å². The van der Waals surface area contributed by atoms with E-state index >= 15 is 0 Å². The molecule has 3 atom stereocenters. The van der Waals surface area contributed by atoms with E-state index in [0.717, 1.165) is 24.0 Å². The van der Waals surface area contributed by atoms with Crippen LogP contribution in [0.1, 0.15) is 33.2 Å². The van der Waals surface area contributed by atoms with Crippen LogP contribution in [0.2, 0.25) is 0 Å². The van der Waals surface area contributed by atoms with Crippen LogP contribution in [0.4, 0.5) is 0 Å². The molecule has 1 aromatic carbocycles. The minimum absolute atomic E-state index is 0. The molecule has 1 amide bonds. The molecule has 23 heavy (non-hydrogen) atoms. The minimum atomic E-state index is 0. The highest BCUT2D eigenvalue weighted by Gasteiger charge is 2.37. The molecular weight excluding hydrogens is 284 g/mol. The summed E-state index contributed by atoms with van der Waals surface area (Å²) in [4.78, 5) is 18.4. The molecular formula is C20H26N2O. The van der Waals surface area contributed by atoms with Gasteiger partial charge in [-0.05, 0) is 36.3 Å². The summed E-state index contributed by atoms with van der Waals surface area (Å²) in [5.74, 6) is 1.48. The number of amides is 1. The van der Waals surface area contributed by atoms with Gasteiger partial charge in [-0.25, -0.2) is 0 Å². The predicted molar refractivity (Wildman–Crippen MR) is 95.3 cm³/mol. The van der Waals surface area contributed by atoms with Crippen molar-refractivity contribution < 1.29 is 6.22 Å². The third-order valence-electron chi connectivity index (χ3n) is 5.63. The Morgan fingerprint density at radius 2 is 2.26 bits per heavy atom. The van der Waals surface area contributed by atoms with Gasteiger partial charge in [-0.15, -0.1) is 0 Å². The van der Waals surface area contributed by atoms with Crippen LogP contribution in [0.3, 0.4) is 0 Å². The normalized spacial score (nSPS) is 26.7. The summed E-state index contributed by atoms with van der Waals surface area (Å²) in [6, 6.07) is 8.62. The average molecular weight is 310 g/mol. The number of benzene rings is 1. The van der Waals surface area contributed by atoms with Crippen molar-refractivity contribution in [3.05, 3.63) is 48.2 Å². The maximum absolute atomic E-state index is 13.0. The van der Waals surface area contributed by atoms with E-state index in [1.807, 2.05) is 18.3 Å². The van der Waals surface area contributed by atoms with E-state index in [-0.39, 0.29) is 7.33 Å². The molecule has 3 unspecified atom stereocenters. The predicted octanol–water partition coefficient (Wildman–Crippen LogP) is 4.16. The molecule has 3 aliphatic rings. The number of H-pyrrole nitrogens is 1. The van der Waals surface area contributed by atoms with E-state index in [1.165, 1.54) is 18.2 Å². The zero-order valence-electron chi connectivity index (χ0n) is 13.7. The van der Waals surface area contributed by atoms with Gasteiger partial charge in [0.25, 0.3) is 0 Å². The van der Waals surface area contributed by atoms with Gasteiger partial charge >= 0.3 is 0 Å². The zero-order valence-corrected chi connectivity index (χ0v) is 13.7. The highest BCUT2D eigenvalue weighted by molar-refractivity contribution is 5.89. The molecule has 2 aliphatic heterocycles. The smallest absolute Gasteiger partial charge is 0.227 e. The summed E-state index contributed by atoms with van der Waals surface area (Å²) < 4.78 is 0. The van der Waals surface area contributed by atoms with Crippen LogP contribution >= 0.6 is 0 Å².